The molecule has 8 heteroatoms. The summed E-state index contributed by atoms with van der Waals surface area (Å²) >= 11 is 0. The van der Waals surface area contributed by atoms with Gasteiger partial charge in [-0.3, -0.25) is 10.1 Å². The van der Waals surface area contributed by atoms with E-state index >= 15 is 0 Å². The Morgan fingerprint density at radius 1 is 1.25 bits per heavy atom. The highest BCUT2D eigenvalue weighted by atomic mass is 16.6. The van der Waals surface area contributed by atoms with Crippen molar-refractivity contribution < 1.29 is 4.92 Å². The van der Waals surface area contributed by atoms with Crippen molar-refractivity contribution >= 4 is 23.3 Å². The van der Waals surface area contributed by atoms with E-state index in [0.717, 1.165) is 5.56 Å². The smallest absolute Gasteiger partial charge is 0.271 e. The third-order valence-electron chi connectivity index (χ3n) is 2.48. The van der Waals surface area contributed by atoms with Gasteiger partial charge in [-0.2, -0.15) is 4.99 Å². The summed E-state index contributed by atoms with van der Waals surface area (Å²) in [6, 6.07) is 4.42. The number of guanidine groups is 2. The van der Waals surface area contributed by atoms with Crippen LogP contribution >= 0.6 is 0 Å². The van der Waals surface area contributed by atoms with E-state index in [4.69, 9.17) is 17.2 Å². The van der Waals surface area contributed by atoms with Gasteiger partial charge in [0.05, 0.1) is 10.6 Å². The maximum atomic E-state index is 10.8. The van der Waals surface area contributed by atoms with Crippen LogP contribution in [0.3, 0.4) is 0 Å². The fourth-order valence-electron chi connectivity index (χ4n) is 1.64. The van der Waals surface area contributed by atoms with Crippen molar-refractivity contribution in [3.05, 3.63) is 33.9 Å². The van der Waals surface area contributed by atoms with Gasteiger partial charge >= 0.3 is 0 Å². The number of nitrogens with zero attached hydrogens (tertiary/aromatic N) is 3. The minimum Gasteiger partial charge on any atom is -0.370 e. The molecule has 8 nitrogen and oxygen atoms in total. The fraction of sp³-hybridized carbons (Fsp3) is 0.333. The van der Waals surface area contributed by atoms with E-state index in [9.17, 15) is 10.1 Å². The van der Waals surface area contributed by atoms with Gasteiger partial charge in [-0.1, -0.05) is 20.8 Å². The molecule has 0 unspecified atom stereocenters. The Hall–Kier alpha value is -2.64. The van der Waals surface area contributed by atoms with Crippen molar-refractivity contribution in [3.63, 3.8) is 0 Å². The Morgan fingerprint density at radius 3 is 2.30 bits per heavy atom. The molecule has 0 bridgehead atoms. The predicted molar refractivity (Wildman–Crippen MR) is 78.9 cm³/mol. The summed E-state index contributed by atoms with van der Waals surface area (Å²) in [7, 11) is 0. The first-order valence-electron chi connectivity index (χ1n) is 5.84. The second-order valence-corrected chi connectivity index (χ2v) is 5.22. The minimum atomic E-state index is -0.498. The second kappa shape index (κ2) is 5.55. The first-order valence-corrected chi connectivity index (χ1v) is 5.84. The van der Waals surface area contributed by atoms with E-state index in [2.05, 4.69) is 9.98 Å². The number of hydrogen-bond donors (Lipinski definition) is 3. The largest absolute Gasteiger partial charge is 0.370 e. The number of aliphatic imine (C=N–C) groups is 2. The number of hydrogen-bond acceptors (Lipinski definition) is 3. The third-order valence-corrected chi connectivity index (χ3v) is 2.48. The standard InChI is InChI=1S/C12H18N6O2/c1-12(2,3)8-5-4-7(18(19)20)6-9(8)16-11(15)17-10(13)14/h4-6H,1-3H3,(H6,13,14,15,16,17). The van der Waals surface area contributed by atoms with Gasteiger partial charge in [-0.25, -0.2) is 4.99 Å². The first-order chi connectivity index (χ1) is 9.11. The van der Waals surface area contributed by atoms with E-state index in [-0.39, 0.29) is 23.0 Å². The molecule has 0 aromatic heterocycles. The molecule has 0 heterocycles. The van der Waals surface area contributed by atoms with E-state index in [1.807, 2.05) is 20.8 Å². The summed E-state index contributed by atoms with van der Waals surface area (Å²) in [6.07, 6.45) is 0. The number of nitro benzene ring substituents is 1. The normalized spacial score (nSPS) is 12.1. The van der Waals surface area contributed by atoms with Gasteiger partial charge in [-0.15, -0.1) is 0 Å². The van der Waals surface area contributed by atoms with Crippen molar-refractivity contribution in [1.82, 2.24) is 0 Å². The van der Waals surface area contributed by atoms with Crippen molar-refractivity contribution in [2.75, 3.05) is 0 Å². The molecule has 0 atom stereocenters. The summed E-state index contributed by atoms with van der Waals surface area (Å²) in [5, 5.41) is 10.8. The molecule has 1 aromatic carbocycles. The van der Waals surface area contributed by atoms with Crippen molar-refractivity contribution in [2.45, 2.75) is 26.2 Å². The number of rotatable bonds is 2. The van der Waals surface area contributed by atoms with Gasteiger partial charge in [0.1, 0.15) is 0 Å². The summed E-state index contributed by atoms with van der Waals surface area (Å²) in [4.78, 5) is 18.0. The highest BCUT2D eigenvalue weighted by molar-refractivity contribution is 5.93. The third kappa shape index (κ3) is 3.94. The van der Waals surface area contributed by atoms with Crippen molar-refractivity contribution in [3.8, 4) is 0 Å². The Labute approximate surface area is 116 Å². The molecule has 0 saturated heterocycles. The quantitative estimate of drug-likeness (QED) is 0.321. The van der Waals surface area contributed by atoms with Crippen LogP contribution in [0.2, 0.25) is 0 Å². The van der Waals surface area contributed by atoms with Gasteiger partial charge in [0, 0.05) is 12.1 Å². The van der Waals surface area contributed by atoms with E-state index < -0.39 is 4.92 Å². The average Bonchev–Trinajstić information content (AvgIpc) is 2.25. The summed E-state index contributed by atoms with van der Waals surface area (Å²) in [5.41, 5.74) is 16.8. The lowest BCUT2D eigenvalue weighted by Gasteiger charge is -2.20. The summed E-state index contributed by atoms with van der Waals surface area (Å²) < 4.78 is 0. The Balaban J connectivity index is 3.44. The molecule has 0 aliphatic rings. The molecule has 0 fully saturated rings. The van der Waals surface area contributed by atoms with Crippen LogP contribution < -0.4 is 17.2 Å². The molecule has 108 valence electrons. The number of nitrogens with two attached hydrogens (primary N) is 3. The summed E-state index contributed by atoms with van der Waals surface area (Å²) in [6.45, 7) is 5.89. The lowest BCUT2D eigenvalue weighted by atomic mass is 9.85. The van der Waals surface area contributed by atoms with Crippen LogP contribution in [-0.2, 0) is 5.41 Å². The fourth-order valence-corrected chi connectivity index (χ4v) is 1.64. The molecule has 6 N–H and O–H groups in total. The van der Waals surface area contributed by atoms with Crippen LogP contribution in [0.5, 0.6) is 0 Å². The number of nitro groups is 1. The van der Waals surface area contributed by atoms with E-state index in [0.29, 0.717) is 5.69 Å². The lowest BCUT2D eigenvalue weighted by Crippen LogP contribution is -2.26. The van der Waals surface area contributed by atoms with Crippen molar-refractivity contribution in [1.29, 1.82) is 0 Å². The van der Waals surface area contributed by atoms with Crippen LogP contribution in [-0.4, -0.2) is 16.8 Å². The van der Waals surface area contributed by atoms with Gasteiger partial charge in [0.15, 0.2) is 5.96 Å². The van der Waals surface area contributed by atoms with E-state index in [1.165, 1.54) is 12.1 Å². The predicted octanol–water partition coefficient (Wildman–Crippen LogP) is 1.11. The number of non-ortho nitro benzene ring substituents is 1. The maximum Gasteiger partial charge on any atom is 0.271 e. The maximum absolute atomic E-state index is 10.8. The zero-order valence-corrected chi connectivity index (χ0v) is 11.6. The molecule has 1 aromatic rings. The topological polar surface area (TPSA) is 146 Å². The molecular weight excluding hydrogens is 260 g/mol. The van der Waals surface area contributed by atoms with Crippen LogP contribution in [0.15, 0.2) is 28.2 Å². The van der Waals surface area contributed by atoms with Gasteiger partial charge in [0.2, 0.25) is 5.96 Å². The molecule has 0 spiro atoms. The monoisotopic (exact) mass is 278 g/mol. The molecule has 0 radical (unpaired) electrons. The molecule has 0 saturated carbocycles. The Kier molecular flexibility index (Phi) is 4.28. The first kappa shape index (κ1) is 15.4. The van der Waals surface area contributed by atoms with Gasteiger partial charge < -0.3 is 17.2 Å². The molecule has 0 aliphatic heterocycles. The van der Waals surface area contributed by atoms with Gasteiger partial charge in [0.25, 0.3) is 5.69 Å². The summed E-state index contributed by atoms with van der Waals surface area (Å²) in [5.74, 6) is -0.384. The van der Waals surface area contributed by atoms with Crippen LogP contribution in [0.4, 0.5) is 11.4 Å². The lowest BCUT2D eigenvalue weighted by molar-refractivity contribution is -0.384. The van der Waals surface area contributed by atoms with Crippen LogP contribution in [0.1, 0.15) is 26.3 Å². The molecule has 1 rings (SSSR count). The van der Waals surface area contributed by atoms with Crippen LogP contribution in [0.25, 0.3) is 0 Å². The molecule has 20 heavy (non-hydrogen) atoms. The molecule has 0 amide bonds. The minimum absolute atomic E-state index is 0.0748. The van der Waals surface area contributed by atoms with Crippen molar-refractivity contribution in [2.24, 2.45) is 27.2 Å². The average molecular weight is 278 g/mol. The zero-order chi connectivity index (χ0) is 15.5. The Morgan fingerprint density at radius 2 is 1.85 bits per heavy atom. The van der Waals surface area contributed by atoms with Crippen LogP contribution in [0, 0.1) is 10.1 Å². The highest BCUT2D eigenvalue weighted by Crippen LogP contribution is 2.34. The molecule has 0 aliphatic carbocycles. The van der Waals surface area contributed by atoms with E-state index in [1.54, 1.807) is 6.07 Å². The SMILES string of the molecule is CC(C)(C)c1ccc([N+](=O)[O-])cc1N=C(N)N=C(N)N. The second-order valence-electron chi connectivity index (χ2n) is 5.22. The molecular formula is C12H18N6O2. The highest BCUT2D eigenvalue weighted by Gasteiger charge is 2.20. The Bertz CT molecular complexity index is 582. The number of benzene rings is 1. The zero-order valence-electron chi connectivity index (χ0n) is 11.6. The van der Waals surface area contributed by atoms with Gasteiger partial charge in [-0.05, 0) is 17.0 Å².